The molecule has 1 heterocycles. The highest BCUT2D eigenvalue weighted by molar-refractivity contribution is 5.80. The molecular weight excluding hydrogens is 252 g/mol. The van der Waals surface area contributed by atoms with E-state index in [0.717, 1.165) is 0 Å². The van der Waals surface area contributed by atoms with Crippen LogP contribution < -0.4 is 10.6 Å². The molecule has 0 unspecified atom stereocenters. The van der Waals surface area contributed by atoms with Crippen molar-refractivity contribution in [2.45, 2.75) is 6.92 Å². The number of anilines is 1. The summed E-state index contributed by atoms with van der Waals surface area (Å²) in [4.78, 5) is 25.5. The Hall–Kier alpha value is -2.22. The van der Waals surface area contributed by atoms with Crippen molar-refractivity contribution < 1.29 is 14.5 Å². The van der Waals surface area contributed by atoms with Gasteiger partial charge < -0.3 is 15.4 Å². The second-order valence-electron chi connectivity index (χ2n) is 3.75. The van der Waals surface area contributed by atoms with Gasteiger partial charge in [-0.15, -0.1) is 0 Å². The van der Waals surface area contributed by atoms with Gasteiger partial charge in [0.05, 0.1) is 18.1 Å². The average molecular weight is 268 g/mol. The highest BCUT2D eigenvalue weighted by Crippen LogP contribution is 2.17. The van der Waals surface area contributed by atoms with Crippen LogP contribution in [0.3, 0.4) is 0 Å². The molecule has 1 aromatic heterocycles. The van der Waals surface area contributed by atoms with Crippen LogP contribution in [0.1, 0.15) is 5.69 Å². The number of carbonyl (C=O) groups is 1. The summed E-state index contributed by atoms with van der Waals surface area (Å²) in [5, 5.41) is 16.0. The summed E-state index contributed by atoms with van der Waals surface area (Å²) in [6.07, 6.45) is 0. The maximum absolute atomic E-state index is 11.4. The van der Waals surface area contributed by atoms with E-state index in [1.807, 2.05) is 0 Å². The molecule has 0 fully saturated rings. The fraction of sp³-hybridized carbons (Fsp3) is 0.455. The first kappa shape index (κ1) is 14.8. The standard InChI is InChI=1S/C11H16N4O4/c1-8-9(15(17)18)3-4-10(14-8)13-7-11(16)12-5-6-19-2/h3-4H,5-7H2,1-2H3,(H,12,16)(H,13,14). The van der Waals surface area contributed by atoms with Gasteiger partial charge in [0.25, 0.3) is 5.69 Å². The molecule has 0 aliphatic carbocycles. The van der Waals surface area contributed by atoms with E-state index < -0.39 is 4.92 Å². The van der Waals surface area contributed by atoms with E-state index in [9.17, 15) is 14.9 Å². The largest absolute Gasteiger partial charge is 0.383 e. The van der Waals surface area contributed by atoms with Gasteiger partial charge >= 0.3 is 0 Å². The summed E-state index contributed by atoms with van der Waals surface area (Å²) < 4.78 is 4.80. The van der Waals surface area contributed by atoms with Gasteiger partial charge in [-0.1, -0.05) is 0 Å². The third-order valence-corrected chi connectivity index (χ3v) is 2.31. The molecule has 1 amide bonds. The van der Waals surface area contributed by atoms with Crippen LogP contribution in [0.2, 0.25) is 0 Å². The Labute approximate surface area is 110 Å². The first-order valence-corrected chi connectivity index (χ1v) is 5.66. The maximum Gasteiger partial charge on any atom is 0.290 e. The lowest BCUT2D eigenvalue weighted by atomic mass is 10.3. The molecule has 0 radical (unpaired) electrons. The van der Waals surface area contributed by atoms with Crippen molar-refractivity contribution in [1.82, 2.24) is 10.3 Å². The van der Waals surface area contributed by atoms with Crippen LogP contribution in [-0.2, 0) is 9.53 Å². The normalized spacial score (nSPS) is 10.0. The monoisotopic (exact) mass is 268 g/mol. The topological polar surface area (TPSA) is 106 Å². The molecule has 8 nitrogen and oxygen atoms in total. The first-order chi connectivity index (χ1) is 9.04. The Balaban J connectivity index is 2.48. The number of ether oxygens (including phenoxy) is 1. The molecule has 19 heavy (non-hydrogen) atoms. The van der Waals surface area contributed by atoms with E-state index >= 15 is 0 Å². The van der Waals surface area contributed by atoms with Crippen LogP contribution in [-0.4, -0.2) is 42.6 Å². The fourth-order valence-corrected chi connectivity index (χ4v) is 1.37. The number of methoxy groups -OCH3 is 1. The minimum atomic E-state index is -0.496. The number of hydrogen-bond acceptors (Lipinski definition) is 6. The van der Waals surface area contributed by atoms with E-state index in [-0.39, 0.29) is 18.1 Å². The van der Waals surface area contributed by atoms with Gasteiger partial charge in [0.2, 0.25) is 5.91 Å². The number of nitro groups is 1. The quantitative estimate of drug-likeness (QED) is 0.423. The minimum absolute atomic E-state index is 0.0462. The molecule has 104 valence electrons. The Morgan fingerprint density at radius 3 is 2.84 bits per heavy atom. The van der Waals surface area contributed by atoms with Gasteiger partial charge in [0.15, 0.2) is 0 Å². The van der Waals surface area contributed by atoms with Crippen LogP contribution in [0, 0.1) is 17.0 Å². The van der Waals surface area contributed by atoms with Crippen molar-refractivity contribution in [3.05, 3.63) is 27.9 Å². The number of aromatic nitrogens is 1. The second-order valence-corrected chi connectivity index (χ2v) is 3.75. The summed E-state index contributed by atoms with van der Waals surface area (Å²) >= 11 is 0. The Morgan fingerprint density at radius 2 is 2.26 bits per heavy atom. The first-order valence-electron chi connectivity index (χ1n) is 5.66. The van der Waals surface area contributed by atoms with E-state index in [4.69, 9.17) is 4.74 Å². The number of rotatable bonds is 7. The maximum atomic E-state index is 11.4. The van der Waals surface area contributed by atoms with Crippen molar-refractivity contribution >= 4 is 17.4 Å². The lowest BCUT2D eigenvalue weighted by Gasteiger charge is -2.07. The molecule has 0 spiro atoms. The molecule has 0 aliphatic heterocycles. The van der Waals surface area contributed by atoms with Crippen LogP contribution in [0.15, 0.2) is 12.1 Å². The zero-order valence-electron chi connectivity index (χ0n) is 10.8. The van der Waals surface area contributed by atoms with E-state index in [0.29, 0.717) is 24.7 Å². The molecule has 1 rings (SSSR count). The Bertz CT molecular complexity index is 464. The van der Waals surface area contributed by atoms with Crippen molar-refractivity contribution in [3.8, 4) is 0 Å². The minimum Gasteiger partial charge on any atom is -0.383 e. The number of amides is 1. The SMILES string of the molecule is COCCNC(=O)CNc1ccc([N+](=O)[O-])c(C)n1. The number of carbonyl (C=O) groups excluding carboxylic acids is 1. The number of aryl methyl sites for hydroxylation is 1. The smallest absolute Gasteiger partial charge is 0.290 e. The summed E-state index contributed by atoms with van der Waals surface area (Å²) in [5.41, 5.74) is 0.255. The average Bonchev–Trinajstić information content (AvgIpc) is 2.36. The van der Waals surface area contributed by atoms with E-state index in [1.54, 1.807) is 14.0 Å². The van der Waals surface area contributed by atoms with Gasteiger partial charge in [0.1, 0.15) is 11.5 Å². The second kappa shape index (κ2) is 7.27. The van der Waals surface area contributed by atoms with Crippen LogP contribution in [0.4, 0.5) is 11.5 Å². The molecule has 0 aromatic carbocycles. The van der Waals surface area contributed by atoms with Crippen molar-refractivity contribution in [1.29, 1.82) is 0 Å². The zero-order valence-corrected chi connectivity index (χ0v) is 10.8. The zero-order chi connectivity index (χ0) is 14.3. The van der Waals surface area contributed by atoms with Gasteiger partial charge in [0, 0.05) is 19.7 Å². The lowest BCUT2D eigenvalue weighted by molar-refractivity contribution is -0.385. The highest BCUT2D eigenvalue weighted by atomic mass is 16.6. The van der Waals surface area contributed by atoms with Crippen molar-refractivity contribution in [2.24, 2.45) is 0 Å². The molecule has 1 aromatic rings. The number of nitrogens with one attached hydrogen (secondary N) is 2. The van der Waals surface area contributed by atoms with Gasteiger partial charge in [-0.3, -0.25) is 14.9 Å². The van der Waals surface area contributed by atoms with Crippen molar-refractivity contribution in [2.75, 3.05) is 32.1 Å². The van der Waals surface area contributed by atoms with Crippen molar-refractivity contribution in [3.63, 3.8) is 0 Å². The predicted molar refractivity (Wildman–Crippen MR) is 69.0 cm³/mol. The summed E-state index contributed by atoms with van der Waals surface area (Å²) in [6.45, 7) is 2.47. The third-order valence-electron chi connectivity index (χ3n) is 2.31. The summed E-state index contributed by atoms with van der Waals surface area (Å²) in [7, 11) is 1.55. The molecule has 0 saturated heterocycles. The molecule has 2 N–H and O–H groups in total. The summed E-state index contributed by atoms with van der Waals surface area (Å²) in [6, 6.07) is 2.82. The third kappa shape index (κ3) is 4.88. The van der Waals surface area contributed by atoms with Gasteiger partial charge in [-0.05, 0) is 13.0 Å². The highest BCUT2D eigenvalue weighted by Gasteiger charge is 2.11. The molecule has 0 atom stereocenters. The molecule has 0 saturated carbocycles. The van der Waals surface area contributed by atoms with Crippen LogP contribution in [0.25, 0.3) is 0 Å². The Kier molecular flexibility index (Phi) is 5.68. The fourth-order valence-electron chi connectivity index (χ4n) is 1.37. The molecule has 8 heteroatoms. The molecule has 0 bridgehead atoms. The van der Waals surface area contributed by atoms with Gasteiger partial charge in [-0.2, -0.15) is 0 Å². The van der Waals surface area contributed by atoms with Gasteiger partial charge in [-0.25, -0.2) is 4.98 Å². The lowest BCUT2D eigenvalue weighted by Crippen LogP contribution is -2.32. The van der Waals surface area contributed by atoms with E-state index in [2.05, 4.69) is 15.6 Å². The number of pyridine rings is 1. The Morgan fingerprint density at radius 1 is 1.53 bits per heavy atom. The number of nitrogens with zero attached hydrogens (tertiary/aromatic N) is 2. The predicted octanol–water partition coefficient (Wildman–Crippen LogP) is 0.473. The molecule has 0 aliphatic rings. The van der Waals surface area contributed by atoms with Crippen LogP contribution >= 0.6 is 0 Å². The van der Waals surface area contributed by atoms with Crippen LogP contribution in [0.5, 0.6) is 0 Å². The number of hydrogen-bond donors (Lipinski definition) is 2. The summed E-state index contributed by atoms with van der Waals surface area (Å²) in [5.74, 6) is 0.222. The molecular formula is C11H16N4O4. The van der Waals surface area contributed by atoms with E-state index in [1.165, 1.54) is 12.1 Å².